The number of carboxylic acid groups (broad SMARTS) is 1. The predicted octanol–water partition coefficient (Wildman–Crippen LogP) is 2.40. The summed E-state index contributed by atoms with van der Waals surface area (Å²) < 4.78 is 0. The summed E-state index contributed by atoms with van der Waals surface area (Å²) in [5.41, 5.74) is 4.17. The monoisotopic (exact) mass is 299 g/mol. The van der Waals surface area contributed by atoms with Crippen LogP contribution in [0.2, 0.25) is 0 Å². The number of fused-ring (bicyclic) bond motifs is 1. The second-order valence-electron chi connectivity index (χ2n) is 6.83. The average molecular weight is 299 g/mol. The Morgan fingerprint density at radius 1 is 1.27 bits per heavy atom. The van der Waals surface area contributed by atoms with Gasteiger partial charge in [0.1, 0.15) is 6.04 Å². The van der Waals surface area contributed by atoms with Crippen LogP contribution in [0.3, 0.4) is 0 Å². The van der Waals surface area contributed by atoms with Gasteiger partial charge in [-0.25, -0.2) is 4.98 Å². The van der Waals surface area contributed by atoms with Gasteiger partial charge in [0.25, 0.3) is 0 Å². The van der Waals surface area contributed by atoms with Crippen LogP contribution in [0.25, 0.3) is 0 Å². The van der Waals surface area contributed by atoms with Crippen molar-refractivity contribution in [2.24, 2.45) is 0 Å². The van der Waals surface area contributed by atoms with Crippen molar-refractivity contribution in [1.29, 1.82) is 0 Å². The maximum Gasteiger partial charge on any atom is 0.321 e. The lowest BCUT2D eigenvalue weighted by atomic mass is 9.85. The minimum absolute atomic E-state index is 0.0968. The fourth-order valence-corrected chi connectivity index (χ4v) is 2.88. The highest BCUT2D eigenvalue weighted by Gasteiger charge is 2.33. The molecule has 5 nitrogen and oxygen atoms in total. The second kappa shape index (κ2) is 5.25. The van der Waals surface area contributed by atoms with Crippen molar-refractivity contribution in [3.8, 4) is 0 Å². The molecule has 0 aliphatic carbocycles. The zero-order chi connectivity index (χ0) is 15.9. The zero-order valence-electron chi connectivity index (χ0n) is 13.1. The molecular weight excluding hydrogens is 278 g/mol. The summed E-state index contributed by atoms with van der Waals surface area (Å²) in [6, 6.07) is 7.54. The van der Waals surface area contributed by atoms with Crippen LogP contribution in [0.1, 0.15) is 49.3 Å². The van der Waals surface area contributed by atoms with Gasteiger partial charge in [0.15, 0.2) is 0 Å². The molecule has 0 saturated heterocycles. The summed E-state index contributed by atoms with van der Waals surface area (Å²) in [6.45, 7) is 6.52. The van der Waals surface area contributed by atoms with E-state index >= 15 is 0 Å². The number of nitrogens with one attached hydrogen (secondary N) is 2. The van der Waals surface area contributed by atoms with Crippen LogP contribution >= 0.6 is 0 Å². The molecule has 2 aromatic rings. The number of carbonyl (C=O) groups is 1. The van der Waals surface area contributed by atoms with E-state index in [-0.39, 0.29) is 11.5 Å². The van der Waals surface area contributed by atoms with Gasteiger partial charge in [0.2, 0.25) is 0 Å². The highest BCUT2D eigenvalue weighted by Crippen LogP contribution is 2.30. The predicted molar refractivity (Wildman–Crippen MR) is 83.8 cm³/mol. The second-order valence-corrected chi connectivity index (χ2v) is 6.83. The van der Waals surface area contributed by atoms with E-state index in [0.29, 0.717) is 6.42 Å². The van der Waals surface area contributed by atoms with E-state index in [1.807, 2.05) is 0 Å². The summed E-state index contributed by atoms with van der Waals surface area (Å²) in [5, 5.41) is 12.5. The maximum absolute atomic E-state index is 11.4. The summed E-state index contributed by atoms with van der Waals surface area (Å²) in [5.74, 6) is -0.837. The lowest BCUT2D eigenvalue weighted by Crippen LogP contribution is -2.45. The number of aromatic nitrogens is 2. The number of carboxylic acids is 1. The molecule has 0 radical (unpaired) electrons. The van der Waals surface area contributed by atoms with Crippen molar-refractivity contribution in [1.82, 2.24) is 15.3 Å². The molecule has 0 fully saturated rings. The van der Waals surface area contributed by atoms with Crippen LogP contribution in [0.4, 0.5) is 0 Å². The summed E-state index contributed by atoms with van der Waals surface area (Å²) in [4.78, 5) is 18.8. The number of nitrogens with zero attached hydrogens (tertiary/aromatic N) is 1. The minimum atomic E-state index is -0.837. The van der Waals surface area contributed by atoms with Gasteiger partial charge in [-0.1, -0.05) is 45.0 Å². The van der Waals surface area contributed by atoms with Gasteiger partial charge in [-0.3, -0.25) is 10.1 Å². The molecule has 2 atom stereocenters. The van der Waals surface area contributed by atoms with Crippen molar-refractivity contribution in [3.63, 3.8) is 0 Å². The molecular formula is C17H21N3O2. The van der Waals surface area contributed by atoms with Crippen molar-refractivity contribution in [2.45, 2.75) is 44.7 Å². The SMILES string of the molecule is CC(C)(C)c1ccc([C@@H]2N[C@@H](C(=O)O)Cc3[nH]cnc32)cc1. The Morgan fingerprint density at radius 3 is 2.55 bits per heavy atom. The van der Waals surface area contributed by atoms with Gasteiger partial charge in [-0.2, -0.15) is 0 Å². The summed E-state index contributed by atoms with van der Waals surface area (Å²) in [6.07, 6.45) is 2.06. The highest BCUT2D eigenvalue weighted by molar-refractivity contribution is 5.74. The molecule has 3 N–H and O–H groups in total. The Hall–Kier alpha value is -2.14. The van der Waals surface area contributed by atoms with E-state index < -0.39 is 12.0 Å². The van der Waals surface area contributed by atoms with Crippen LogP contribution in [0.15, 0.2) is 30.6 Å². The molecule has 116 valence electrons. The number of H-pyrrole nitrogens is 1. The third-order valence-electron chi connectivity index (χ3n) is 4.21. The smallest absolute Gasteiger partial charge is 0.321 e. The van der Waals surface area contributed by atoms with E-state index in [2.05, 4.69) is 60.3 Å². The molecule has 3 rings (SSSR count). The largest absolute Gasteiger partial charge is 0.480 e. The molecule has 1 aliphatic rings. The van der Waals surface area contributed by atoms with Crippen LogP contribution in [-0.4, -0.2) is 27.1 Å². The fourth-order valence-electron chi connectivity index (χ4n) is 2.88. The van der Waals surface area contributed by atoms with Gasteiger partial charge in [0, 0.05) is 12.1 Å². The zero-order valence-corrected chi connectivity index (χ0v) is 13.1. The van der Waals surface area contributed by atoms with Gasteiger partial charge in [0.05, 0.1) is 18.1 Å². The lowest BCUT2D eigenvalue weighted by molar-refractivity contribution is -0.139. The van der Waals surface area contributed by atoms with Crippen LogP contribution in [0, 0.1) is 0 Å². The maximum atomic E-state index is 11.4. The molecule has 0 spiro atoms. The normalized spacial score (nSPS) is 21.4. The fraction of sp³-hybridized carbons (Fsp3) is 0.412. The quantitative estimate of drug-likeness (QED) is 0.795. The molecule has 1 aromatic heterocycles. The number of rotatable bonds is 2. The van der Waals surface area contributed by atoms with Gasteiger partial charge >= 0.3 is 5.97 Å². The molecule has 5 heteroatoms. The van der Waals surface area contributed by atoms with E-state index in [4.69, 9.17) is 0 Å². The number of aromatic amines is 1. The van der Waals surface area contributed by atoms with E-state index in [1.165, 1.54) is 5.56 Å². The number of benzene rings is 1. The Kier molecular flexibility index (Phi) is 3.53. The van der Waals surface area contributed by atoms with Crippen molar-refractivity contribution < 1.29 is 9.90 Å². The van der Waals surface area contributed by atoms with Gasteiger partial charge in [-0.05, 0) is 16.5 Å². The Balaban J connectivity index is 1.95. The first-order valence-corrected chi connectivity index (χ1v) is 7.47. The van der Waals surface area contributed by atoms with Crippen LogP contribution < -0.4 is 5.32 Å². The third-order valence-corrected chi connectivity index (χ3v) is 4.21. The standard InChI is InChI=1S/C17H21N3O2/c1-17(2,3)11-6-4-10(5-7-11)14-15-12(18-9-19-15)8-13(20-14)16(21)22/h4-7,9,13-14,20H,8H2,1-3H3,(H,18,19)(H,21,22)/t13-,14+/m1/s1. The average Bonchev–Trinajstić information content (AvgIpc) is 2.93. The topological polar surface area (TPSA) is 78.0 Å². The van der Waals surface area contributed by atoms with Crippen molar-refractivity contribution >= 4 is 5.97 Å². The first-order valence-electron chi connectivity index (χ1n) is 7.47. The molecule has 0 bridgehead atoms. The number of imidazole rings is 1. The Bertz CT molecular complexity index is 683. The summed E-state index contributed by atoms with van der Waals surface area (Å²) in [7, 11) is 0. The number of hydrogen-bond donors (Lipinski definition) is 3. The molecule has 0 amide bonds. The number of aliphatic carboxylic acids is 1. The molecule has 2 heterocycles. The number of hydrogen-bond acceptors (Lipinski definition) is 3. The Morgan fingerprint density at radius 2 is 1.95 bits per heavy atom. The van der Waals surface area contributed by atoms with E-state index in [0.717, 1.165) is 17.0 Å². The molecule has 1 aromatic carbocycles. The van der Waals surface area contributed by atoms with Crippen LogP contribution in [0.5, 0.6) is 0 Å². The minimum Gasteiger partial charge on any atom is -0.480 e. The third kappa shape index (κ3) is 2.64. The molecule has 22 heavy (non-hydrogen) atoms. The van der Waals surface area contributed by atoms with E-state index in [1.54, 1.807) is 6.33 Å². The van der Waals surface area contributed by atoms with Crippen molar-refractivity contribution in [3.05, 3.63) is 53.1 Å². The lowest BCUT2D eigenvalue weighted by Gasteiger charge is -2.29. The van der Waals surface area contributed by atoms with Gasteiger partial charge < -0.3 is 10.1 Å². The first kappa shape index (κ1) is 14.8. The summed E-state index contributed by atoms with van der Waals surface area (Å²) >= 11 is 0. The van der Waals surface area contributed by atoms with Gasteiger partial charge in [-0.15, -0.1) is 0 Å². The molecule has 0 saturated carbocycles. The van der Waals surface area contributed by atoms with Crippen molar-refractivity contribution in [2.75, 3.05) is 0 Å². The molecule has 1 aliphatic heterocycles. The molecule has 0 unspecified atom stereocenters. The Labute approximate surface area is 129 Å². The van der Waals surface area contributed by atoms with E-state index in [9.17, 15) is 9.90 Å². The first-order chi connectivity index (χ1) is 10.4. The van der Waals surface area contributed by atoms with Crippen LogP contribution in [-0.2, 0) is 16.6 Å². The highest BCUT2D eigenvalue weighted by atomic mass is 16.4.